The van der Waals surface area contributed by atoms with Gasteiger partial charge in [0.2, 0.25) is 0 Å². The Balaban J connectivity index is 2.13. The highest BCUT2D eigenvalue weighted by atomic mass is 35.5. The maximum Gasteiger partial charge on any atom is 0.129 e. The molecule has 0 radical (unpaired) electrons. The quantitative estimate of drug-likeness (QED) is 0.649. The molecule has 2 rings (SSSR count). The Bertz CT molecular complexity index is 481. The van der Waals surface area contributed by atoms with Gasteiger partial charge in [-0.05, 0) is 36.4 Å². The van der Waals surface area contributed by atoms with Crippen molar-refractivity contribution in [1.29, 1.82) is 0 Å². The van der Waals surface area contributed by atoms with Gasteiger partial charge in [-0.3, -0.25) is 11.3 Å². The van der Waals surface area contributed by atoms with E-state index in [1.807, 2.05) is 11.4 Å². The monoisotopic (exact) mass is 284 g/mol. The molecule has 0 aliphatic rings. The van der Waals surface area contributed by atoms with Crippen LogP contribution in [0.2, 0.25) is 5.02 Å². The van der Waals surface area contributed by atoms with E-state index in [0.29, 0.717) is 17.0 Å². The molecule has 1 atom stereocenters. The van der Waals surface area contributed by atoms with Gasteiger partial charge >= 0.3 is 0 Å². The summed E-state index contributed by atoms with van der Waals surface area (Å²) in [5, 5.41) is 2.43. The number of hydrogen-bond donors (Lipinski definition) is 2. The highest BCUT2D eigenvalue weighted by Gasteiger charge is 2.17. The largest absolute Gasteiger partial charge is 0.271 e. The molecule has 0 spiro atoms. The molecule has 5 heteroatoms. The Morgan fingerprint density at radius 1 is 1.33 bits per heavy atom. The average molecular weight is 285 g/mol. The van der Waals surface area contributed by atoms with Crippen molar-refractivity contribution in [1.82, 2.24) is 5.43 Å². The van der Waals surface area contributed by atoms with Gasteiger partial charge in [-0.1, -0.05) is 23.7 Å². The molecule has 3 N–H and O–H groups in total. The summed E-state index contributed by atoms with van der Waals surface area (Å²) in [5.74, 6) is 5.19. The topological polar surface area (TPSA) is 38.0 Å². The van der Waals surface area contributed by atoms with Crippen LogP contribution >= 0.6 is 22.9 Å². The second kappa shape index (κ2) is 6.29. The number of aryl methyl sites for hydroxylation is 1. The van der Waals surface area contributed by atoms with Gasteiger partial charge in [0.1, 0.15) is 5.82 Å². The fraction of sp³-hybridized carbons (Fsp3) is 0.231. The first kappa shape index (κ1) is 13.5. The molecule has 1 aromatic heterocycles. The van der Waals surface area contributed by atoms with Gasteiger partial charge in [0, 0.05) is 15.5 Å². The SMILES string of the molecule is NNC(CCc1cccs1)c1c(F)cccc1Cl. The standard InChI is InChI=1S/C13H14ClFN2S/c14-10-4-1-5-11(15)13(10)12(17-16)7-6-9-3-2-8-18-9/h1-5,8,12,17H,6-7,16H2. The molecule has 2 aromatic rings. The first-order chi connectivity index (χ1) is 8.72. The van der Waals surface area contributed by atoms with E-state index in [2.05, 4.69) is 11.5 Å². The lowest BCUT2D eigenvalue weighted by Gasteiger charge is -2.18. The van der Waals surface area contributed by atoms with Gasteiger partial charge in [0.15, 0.2) is 0 Å². The van der Waals surface area contributed by atoms with Crippen LogP contribution in [-0.4, -0.2) is 0 Å². The molecular formula is C13H14ClFN2S. The number of hydrazine groups is 1. The predicted octanol–water partition coefficient (Wildman–Crippen LogP) is 3.68. The van der Waals surface area contributed by atoms with Crippen LogP contribution in [0, 0.1) is 5.82 Å². The molecule has 1 unspecified atom stereocenters. The average Bonchev–Trinajstić information content (AvgIpc) is 2.86. The Hall–Kier alpha value is -0.940. The predicted molar refractivity (Wildman–Crippen MR) is 74.1 cm³/mol. The lowest BCUT2D eigenvalue weighted by molar-refractivity contribution is 0.487. The Morgan fingerprint density at radius 2 is 2.17 bits per heavy atom. The van der Waals surface area contributed by atoms with Crippen molar-refractivity contribution < 1.29 is 4.39 Å². The fourth-order valence-electron chi connectivity index (χ4n) is 1.90. The molecule has 0 saturated heterocycles. The van der Waals surface area contributed by atoms with Crippen molar-refractivity contribution in [3.63, 3.8) is 0 Å². The van der Waals surface area contributed by atoms with Crippen LogP contribution in [0.1, 0.15) is 22.9 Å². The summed E-state index contributed by atoms with van der Waals surface area (Å²) in [6, 6.07) is 8.45. The van der Waals surface area contributed by atoms with Crippen LogP contribution in [0.4, 0.5) is 4.39 Å². The summed E-state index contributed by atoms with van der Waals surface area (Å²) in [7, 11) is 0. The summed E-state index contributed by atoms with van der Waals surface area (Å²) in [6.45, 7) is 0. The molecule has 0 aliphatic carbocycles. The molecule has 0 saturated carbocycles. The van der Waals surface area contributed by atoms with Gasteiger partial charge in [-0.2, -0.15) is 0 Å². The zero-order valence-corrected chi connectivity index (χ0v) is 11.3. The number of thiophene rings is 1. The summed E-state index contributed by atoms with van der Waals surface area (Å²) >= 11 is 7.71. The highest BCUT2D eigenvalue weighted by molar-refractivity contribution is 7.09. The first-order valence-corrected chi connectivity index (χ1v) is 6.90. The van der Waals surface area contributed by atoms with Crippen molar-refractivity contribution in [2.24, 2.45) is 5.84 Å². The van der Waals surface area contributed by atoms with E-state index in [0.717, 1.165) is 6.42 Å². The third-order valence-electron chi connectivity index (χ3n) is 2.81. The Kier molecular flexibility index (Phi) is 4.72. The van der Waals surface area contributed by atoms with Crippen molar-refractivity contribution in [3.05, 3.63) is 57.0 Å². The highest BCUT2D eigenvalue weighted by Crippen LogP contribution is 2.28. The molecule has 0 fully saturated rings. The van der Waals surface area contributed by atoms with Gasteiger partial charge < -0.3 is 0 Å². The van der Waals surface area contributed by atoms with E-state index < -0.39 is 0 Å². The minimum atomic E-state index is -0.323. The minimum absolute atomic E-state index is 0.277. The molecule has 18 heavy (non-hydrogen) atoms. The van der Waals surface area contributed by atoms with E-state index in [1.165, 1.54) is 10.9 Å². The summed E-state index contributed by atoms with van der Waals surface area (Å²) < 4.78 is 13.8. The van der Waals surface area contributed by atoms with Crippen LogP contribution in [0.3, 0.4) is 0 Å². The molecule has 1 heterocycles. The molecule has 0 aliphatic heterocycles. The zero-order valence-electron chi connectivity index (χ0n) is 9.70. The molecule has 0 bridgehead atoms. The number of halogens is 2. The van der Waals surface area contributed by atoms with E-state index in [1.54, 1.807) is 23.5 Å². The summed E-state index contributed by atoms with van der Waals surface area (Å²) in [5.41, 5.74) is 3.09. The van der Waals surface area contributed by atoms with Crippen LogP contribution in [0.15, 0.2) is 35.7 Å². The number of rotatable bonds is 5. The minimum Gasteiger partial charge on any atom is -0.271 e. The second-order valence-electron chi connectivity index (χ2n) is 3.97. The van der Waals surface area contributed by atoms with Crippen LogP contribution in [-0.2, 0) is 6.42 Å². The number of hydrogen-bond acceptors (Lipinski definition) is 3. The van der Waals surface area contributed by atoms with Gasteiger partial charge in [-0.25, -0.2) is 4.39 Å². The maximum absolute atomic E-state index is 13.8. The molecule has 1 aromatic carbocycles. The van der Waals surface area contributed by atoms with Crippen LogP contribution < -0.4 is 11.3 Å². The van der Waals surface area contributed by atoms with Crippen LogP contribution in [0.25, 0.3) is 0 Å². The van der Waals surface area contributed by atoms with E-state index >= 15 is 0 Å². The van der Waals surface area contributed by atoms with Crippen molar-refractivity contribution in [3.8, 4) is 0 Å². The lowest BCUT2D eigenvalue weighted by atomic mass is 10.0. The maximum atomic E-state index is 13.8. The number of nitrogens with one attached hydrogen (secondary N) is 1. The first-order valence-electron chi connectivity index (χ1n) is 5.64. The third kappa shape index (κ3) is 3.09. The zero-order chi connectivity index (χ0) is 13.0. The normalized spacial score (nSPS) is 12.6. The van der Waals surface area contributed by atoms with E-state index in [9.17, 15) is 4.39 Å². The summed E-state index contributed by atoms with van der Waals surface area (Å²) in [6.07, 6.45) is 1.55. The summed E-state index contributed by atoms with van der Waals surface area (Å²) in [4.78, 5) is 1.25. The molecule has 96 valence electrons. The van der Waals surface area contributed by atoms with E-state index in [4.69, 9.17) is 17.4 Å². The van der Waals surface area contributed by atoms with Crippen LogP contribution in [0.5, 0.6) is 0 Å². The van der Waals surface area contributed by atoms with Gasteiger partial charge in [0.05, 0.1) is 6.04 Å². The van der Waals surface area contributed by atoms with E-state index in [-0.39, 0.29) is 11.9 Å². The molecule has 2 nitrogen and oxygen atoms in total. The molecule has 0 amide bonds. The second-order valence-corrected chi connectivity index (χ2v) is 5.41. The molecular weight excluding hydrogens is 271 g/mol. The van der Waals surface area contributed by atoms with Gasteiger partial charge in [0.25, 0.3) is 0 Å². The number of benzene rings is 1. The van der Waals surface area contributed by atoms with Gasteiger partial charge in [-0.15, -0.1) is 11.3 Å². The lowest BCUT2D eigenvalue weighted by Crippen LogP contribution is -2.29. The third-order valence-corrected chi connectivity index (χ3v) is 4.07. The van der Waals surface area contributed by atoms with Crippen molar-refractivity contribution in [2.75, 3.05) is 0 Å². The van der Waals surface area contributed by atoms with Crippen molar-refractivity contribution in [2.45, 2.75) is 18.9 Å². The fourth-order valence-corrected chi connectivity index (χ4v) is 2.92. The Morgan fingerprint density at radius 3 is 2.78 bits per heavy atom. The van der Waals surface area contributed by atoms with Crippen molar-refractivity contribution >= 4 is 22.9 Å². The number of nitrogens with two attached hydrogens (primary N) is 1. The Labute approximate surface area is 115 Å². The smallest absolute Gasteiger partial charge is 0.129 e.